The van der Waals surface area contributed by atoms with E-state index < -0.39 is 0 Å². The molecule has 2 amide bonds. The number of carbonyl (C=O) groups excluding carboxylic acids is 1. The molecule has 0 fully saturated rings. The number of thioether (sulfide) groups is 1. The van der Waals surface area contributed by atoms with E-state index in [1.165, 1.54) is 23.9 Å². The Hall–Kier alpha value is -2.54. The SMILES string of the molecule is COc1ccc(CN=C(NC(=O)NCc2ccc(F)cc2)SC)cc1. The third-order valence-corrected chi connectivity index (χ3v) is 3.96. The van der Waals surface area contributed by atoms with Crippen LogP contribution in [0.4, 0.5) is 9.18 Å². The lowest BCUT2D eigenvalue weighted by Gasteiger charge is -2.09. The number of amidine groups is 1. The largest absolute Gasteiger partial charge is 0.497 e. The summed E-state index contributed by atoms with van der Waals surface area (Å²) >= 11 is 1.35. The molecule has 2 rings (SSSR count). The zero-order valence-electron chi connectivity index (χ0n) is 14.1. The molecule has 0 saturated heterocycles. The van der Waals surface area contributed by atoms with Crippen molar-refractivity contribution in [1.82, 2.24) is 10.6 Å². The highest BCUT2D eigenvalue weighted by Crippen LogP contribution is 2.12. The molecule has 0 aromatic heterocycles. The molecule has 5 nitrogen and oxygen atoms in total. The van der Waals surface area contributed by atoms with Crippen molar-refractivity contribution in [2.24, 2.45) is 4.99 Å². The maximum Gasteiger partial charge on any atom is 0.321 e. The van der Waals surface area contributed by atoms with Crippen molar-refractivity contribution >= 4 is 23.0 Å². The number of ether oxygens (including phenoxy) is 1. The van der Waals surface area contributed by atoms with Crippen molar-refractivity contribution in [3.8, 4) is 5.75 Å². The van der Waals surface area contributed by atoms with Gasteiger partial charge < -0.3 is 10.1 Å². The smallest absolute Gasteiger partial charge is 0.321 e. The summed E-state index contributed by atoms with van der Waals surface area (Å²) in [6.45, 7) is 0.769. The molecule has 0 unspecified atom stereocenters. The van der Waals surface area contributed by atoms with Crippen LogP contribution in [0.2, 0.25) is 0 Å². The van der Waals surface area contributed by atoms with E-state index in [0.717, 1.165) is 16.9 Å². The molecule has 7 heteroatoms. The Labute approximate surface area is 150 Å². The van der Waals surface area contributed by atoms with E-state index in [1.807, 2.05) is 30.5 Å². The molecule has 0 bridgehead atoms. The molecular formula is C18H20FN3O2S. The number of benzene rings is 2. The number of carbonyl (C=O) groups is 1. The lowest BCUT2D eigenvalue weighted by atomic mass is 10.2. The second kappa shape index (κ2) is 9.68. The molecule has 2 aromatic rings. The lowest BCUT2D eigenvalue weighted by Crippen LogP contribution is -2.37. The van der Waals surface area contributed by atoms with Crippen molar-refractivity contribution < 1.29 is 13.9 Å². The number of nitrogens with zero attached hydrogens (tertiary/aromatic N) is 1. The number of methoxy groups -OCH3 is 1. The number of hydrogen-bond donors (Lipinski definition) is 2. The summed E-state index contributed by atoms with van der Waals surface area (Å²) in [5.74, 6) is 0.486. The second-order valence-corrected chi connectivity index (χ2v) is 5.90. The molecule has 0 radical (unpaired) electrons. The number of aliphatic imine (C=N–C) groups is 1. The average Bonchev–Trinajstić information content (AvgIpc) is 2.65. The first-order valence-electron chi connectivity index (χ1n) is 7.61. The monoisotopic (exact) mass is 361 g/mol. The number of rotatable bonds is 5. The van der Waals surface area contributed by atoms with Crippen LogP contribution in [0, 0.1) is 5.82 Å². The fraction of sp³-hybridized carbons (Fsp3) is 0.222. The third-order valence-electron chi connectivity index (χ3n) is 3.34. The Morgan fingerprint density at radius 3 is 2.36 bits per heavy atom. The molecule has 0 aliphatic carbocycles. The van der Waals surface area contributed by atoms with Gasteiger partial charge in [0.1, 0.15) is 11.6 Å². The van der Waals surface area contributed by atoms with Gasteiger partial charge in [0, 0.05) is 6.54 Å². The van der Waals surface area contributed by atoms with E-state index in [2.05, 4.69) is 15.6 Å². The lowest BCUT2D eigenvalue weighted by molar-refractivity contribution is 0.245. The van der Waals surface area contributed by atoms with E-state index in [1.54, 1.807) is 19.2 Å². The summed E-state index contributed by atoms with van der Waals surface area (Å²) in [6.07, 6.45) is 1.84. The zero-order chi connectivity index (χ0) is 18.1. The maximum absolute atomic E-state index is 12.8. The molecule has 25 heavy (non-hydrogen) atoms. The molecular weight excluding hydrogens is 341 g/mol. The second-order valence-electron chi connectivity index (χ2n) is 5.11. The standard InChI is InChI=1S/C18H20FN3O2S/c1-24-16-9-5-14(6-10-16)12-21-18(25-2)22-17(23)20-11-13-3-7-15(19)8-4-13/h3-10H,11-12H2,1-2H3,(H2,20,21,22,23). The summed E-state index contributed by atoms with van der Waals surface area (Å²) in [5, 5.41) is 5.94. The van der Waals surface area contributed by atoms with Crippen LogP contribution in [0.15, 0.2) is 53.5 Å². The molecule has 0 aliphatic rings. The molecule has 0 saturated carbocycles. The molecule has 0 aliphatic heterocycles. The Balaban J connectivity index is 1.84. The van der Waals surface area contributed by atoms with Gasteiger partial charge in [0.25, 0.3) is 0 Å². The predicted molar refractivity (Wildman–Crippen MR) is 99.4 cm³/mol. The van der Waals surface area contributed by atoms with E-state index >= 15 is 0 Å². The highest BCUT2D eigenvalue weighted by atomic mass is 32.2. The molecule has 0 spiro atoms. The third kappa shape index (κ3) is 6.46. The minimum atomic E-state index is -0.354. The molecule has 2 aromatic carbocycles. The van der Waals surface area contributed by atoms with E-state index in [0.29, 0.717) is 18.3 Å². The predicted octanol–water partition coefficient (Wildman–Crippen LogP) is 3.55. The minimum Gasteiger partial charge on any atom is -0.497 e. The van der Waals surface area contributed by atoms with Gasteiger partial charge in [-0.05, 0) is 41.6 Å². The summed E-state index contributed by atoms with van der Waals surface area (Å²) < 4.78 is 18.0. The quantitative estimate of drug-likeness (QED) is 0.632. The van der Waals surface area contributed by atoms with Gasteiger partial charge in [-0.3, -0.25) is 10.3 Å². The van der Waals surface area contributed by atoms with Gasteiger partial charge in [-0.2, -0.15) is 0 Å². The summed E-state index contributed by atoms with van der Waals surface area (Å²) in [4.78, 5) is 16.3. The van der Waals surface area contributed by atoms with E-state index in [9.17, 15) is 9.18 Å². The van der Waals surface area contributed by atoms with Crippen LogP contribution in [-0.2, 0) is 13.1 Å². The highest BCUT2D eigenvalue weighted by Gasteiger charge is 2.05. The average molecular weight is 361 g/mol. The van der Waals surface area contributed by atoms with E-state index in [4.69, 9.17) is 4.74 Å². The fourth-order valence-electron chi connectivity index (χ4n) is 1.98. The van der Waals surface area contributed by atoms with E-state index in [-0.39, 0.29) is 11.8 Å². The van der Waals surface area contributed by atoms with Crippen LogP contribution >= 0.6 is 11.8 Å². The van der Waals surface area contributed by atoms with Gasteiger partial charge in [0.15, 0.2) is 5.17 Å². The van der Waals surface area contributed by atoms with Crippen LogP contribution in [-0.4, -0.2) is 24.6 Å². The molecule has 0 heterocycles. The zero-order valence-corrected chi connectivity index (χ0v) is 14.9. The van der Waals surface area contributed by atoms with Crippen molar-refractivity contribution in [3.05, 3.63) is 65.5 Å². The minimum absolute atomic E-state index is 0.302. The first-order valence-corrected chi connectivity index (χ1v) is 8.84. The molecule has 2 N–H and O–H groups in total. The van der Waals surface area contributed by atoms with Crippen LogP contribution in [0.25, 0.3) is 0 Å². The van der Waals surface area contributed by atoms with Crippen LogP contribution in [0.3, 0.4) is 0 Å². The Kier molecular flexibility index (Phi) is 7.28. The van der Waals surface area contributed by atoms with Gasteiger partial charge in [0.05, 0.1) is 13.7 Å². The summed E-state index contributed by atoms with van der Waals surface area (Å²) in [6, 6.07) is 13.2. The van der Waals surface area contributed by atoms with Gasteiger partial charge in [-0.25, -0.2) is 9.18 Å². The van der Waals surface area contributed by atoms with Crippen LogP contribution < -0.4 is 15.4 Å². The fourth-order valence-corrected chi connectivity index (χ4v) is 2.36. The maximum atomic E-state index is 12.8. The summed E-state index contributed by atoms with van der Waals surface area (Å²) in [5.41, 5.74) is 1.83. The summed E-state index contributed by atoms with van der Waals surface area (Å²) in [7, 11) is 1.62. The van der Waals surface area contributed by atoms with Crippen molar-refractivity contribution in [2.75, 3.05) is 13.4 Å². The van der Waals surface area contributed by atoms with Crippen LogP contribution in [0.5, 0.6) is 5.75 Å². The van der Waals surface area contributed by atoms with Crippen LogP contribution in [0.1, 0.15) is 11.1 Å². The first kappa shape index (κ1) is 18.8. The van der Waals surface area contributed by atoms with Gasteiger partial charge in [-0.15, -0.1) is 0 Å². The first-order chi connectivity index (χ1) is 12.1. The number of hydrogen-bond acceptors (Lipinski definition) is 4. The number of nitrogens with one attached hydrogen (secondary N) is 2. The normalized spacial score (nSPS) is 11.1. The Morgan fingerprint density at radius 1 is 1.12 bits per heavy atom. The Morgan fingerprint density at radius 2 is 1.76 bits per heavy atom. The number of halogens is 1. The Bertz CT molecular complexity index is 718. The van der Waals surface area contributed by atoms with Crippen molar-refractivity contribution in [3.63, 3.8) is 0 Å². The highest BCUT2D eigenvalue weighted by molar-refractivity contribution is 8.13. The molecule has 0 atom stereocenters. The topological polar surface area (TPSA) is 62.7 Å². The van der Waals surface area contributed by atoms with Gasteiger partial charge in [0.2, 0.25) is 0 Å². The van der Waals surface area contributed by atoms with Gasteiger partial charge in [-0.1, -0.05) is 36.0 Å². The van der Waals surface area contributed by atoms with Crippen molar-refractivity contribution in [2.45, 2.75) is 13.1 Å². The molecule has 132 valence electrons. The van der Waals surface area contributed by atoms with Crippen molar-refractivity contribution in [1.29, 1.82) is 0 Å². The van der Waals surface area contributed by atoms with Gasteiger partial charge >= 0.3 is 6.03 Å². The number of amides is 2. The number of urea groups is 1.